The molecule has 0 radical (unpaired) electrons. The van der Waals surface area contributed by atoms with Gasteiger partial charge in [-0.05, 0) is 6.54 Å². The van der Waals surface area contributed by atoms with Crippen molar-refractivity contribution in [3.05, 3.63) is 0 Å². The highest BCUT2D eigenvalue weighted by molar-refractivity contribution is 4.61. The van der Waals surface area contributed by atoms with E-state index in [1.807, 2.05) is 6.92 Å². The Hall–Kier alpha value is -0.120. The lowest BCUT2D eigenvalue weighted by Crippen LogP contribution is -2.28. The first kappa shape index (κ1) is 9.88. The topological polar surface area (TPSA) is 55.2 Å². The number of hydrogen-bond acceptors (Lipinski definition) is 2. The highest BCUT2D eigenvalue weighted by atomic mass is 16.3. The third-order valence-corrected chi connectivity index (χ3v) is 1.26. The molecule has 0 fully saturated rings. The van der Waals surface area contributed by atoms with E-state index in [-0.39, 0.29) is 12.2 Å². The van der Waals surface area contributed by atoms with Crippen molar-refractivity contribution in [2.75, 3.05) is 13.1 Å². The monoisotopic (exact) mass is 148 g/mol. The van der Waals surface area contributed by atoms with Crippen molar-refractivity contribution in [2.45, 2.75) is 32.5 Å². The lowest BCUT2D eigenvalue weighted by molar-refractivity contribution is 0.0904. The largest absolute Gasteiger partial charge is 0.443 e. The van der Waals surface area contributed by atoms with Gasteiger partial charge in [-0.15, -0.1) is 0 Å². The SMILES string of the molecule is CCNC[C@@H](O)C[C@H](C)[OH2+]. The molecule has 0 aliphatic heterocycles. The van der Waals surface area contributed by atoms with Crippen molar-refractivity contribution < 1.29 is 10.2 Å². The van der Waals surface area contributed by atoms with E-state index in [2.05, 4.69) is 5.32 Å². The quantitative estimate of drug-likeness (QED) is 0.514. The van der Waals surface area contributed by atoms with Crippen molar-refractivity contribution >= 4 is 0 Å². The van der Waals surface area contributed by atoms with Crippen LogP contribution in [0.25, 0.3) is 0 Å². The van der Waals surface area contributed by atoms with Crippen LogP contribution in [-0.2, 0) is 0 Å². The number of rotatable bonds is 5. The summed E-state index contributed by atoms with van der Waals surface area (Å²) in [7, 11) is 0. The normalized spacial score (nSPS) is 16.8. The van der Waals surface area contributed by atoms with Gasteiger partial charge in [0.25, 0.3) is 0 Å². The van der Waals surface area contributed by atoms with E-state index in [4.69, 9.17) is 10.2 Å². The first-order valence-electron chi connectivity index (χ1n) is 3.76. The zero-order valence-electron chi connectivity index (χ0n) is 6.72. The van der Waals surface area contributed by atoms with Crippen LogP contribution in [0.1, 0.15) is 20.3 Å². The summed E-state index contributed by atoms with van der Waals surface area (Å²) in [6, 6.07) is 0. The fraction of sp³-hybridized carbons (Fsp3) is 1.00. The van der Waals surface area contributed by atoms with Gasteiger partial charge in [-0.1, -0.05) is 6.92 Å². The van der Waals surface area contributed by atoms with Crippen LogP contribution in [0, 0.1) is 0 Å². The Balaban J connectivity index is 3.16. The summed E-state index contributed by atoms with van der Waals surface area (Å²) in [5.74, 6) is 0. The van der Waals surface area contributed by atoms with Gasteiger partial charge < -0.3 is 15.5 Å². The fourth-order valence-electron chi connectivity index (χ4n) is 0.802. The van der Waals surface area contributed by atoms with Crippen molar-refractivity contribution in [2.24, 2.45) is 0 Å². The highest BCUT2D eigenvalue weighted by Crippen LogP contribution is 1.94. The molecular weight excluding hydrogens is 130 g/mol. The van der Waals surface area contributed by atoms with Crippen LogP contribution in [0.2, 0.25) is 0 Å². The average molecular weight is 148 g/mol. The predicted molar refractivity (Wildman–Crippen MR) is 42.2 cm³/mol. The number of hydrogen-bond donors (Lipinski definition) is 2. The summed E-state index contributed by atoms with van der Waals surface area (Å²) in [6.07, 6.45) is 0.0496. The second kappa shape index (κ2) is 5.65. The molecule has 4 N–H and O–H groups in total. The van der Waals surface area contributed by atoms with E-state index in [0.29, 0.717) is 13.0 Å². The molecule has 0 rings (SSSR count). The molecule has 3 heteroatoms. The van der Waals surface area contributed by atoms with Crippen LogP contribution in [0.4, 0.5) is 0 Å². The molecule has 2 atom stereocenters. The molecule has 0 aromatic heterocycles. The molecule has 3 nitrogen and oxygen atoms in total. The molecule has 0 aliphatic rings. The predicted octanol–water partition coefficient (Wildman–Crippen LogP) is -0.540. The maximum absolute atomic E-state index is 9.17. The molecular formula is C7H18NO2+. The van der Waals surface area contributed by atoms with Gasteiger partial charge in [-0.25, -0.2) is 0 Å². The minimum absolute atomic E-state index is 0.159. The molecule has 10 heavy (non-hydrogen) atoms. The number of likely N-dealkylation sites (N-methyl/N-ethyl adjacent to an activating group) is 1. The van der Waals surface area contributed by atoms with E-state index >= 15 is 0 Å². The van der Waals surface area contributed by atoms with Gasteiger partial charge in [-0.3, -0.25) is 0 Å². The average Bonchev–Trinajstić information content (AvgIpc) is 1.82. The summed E-state index contributed by atoms with van der Waals surface area (Å²) in [4.78, 5) is 0. The lowest BCUT2D eigenvalue weighted by Gasteiger charge is -2.09. The molecule has 0 bridgehead atoms. The third-order valence-electron chi connectivity index (χ3n) is 1.26. The van der Waals surface area contributed by atoms with Gasteiger partial charge in [-0.2, -0.15) is 0 Å². The summed E-state index contributed by atoms with van der Waals surface area (Å²) >= 11 is 0. The standard InChI is InChI=1S/C7H17NO2/c1-3-8-5-7(10)4-6(2)9/h6-10H,3-5H2,1-2H3/p+1/t6-,7-/m0/s1. The molecule has 0 aromatic rings. The van der Waals surface area contributed by atoms with Gasteiger partial charge in [0.15, 0.2) is 6.10 Å². The molecule has 0 aliphatic carbocycles. The van der Waals surface area contributed by atoms with Crippen LogP contribution >= 0.6 is 0 Å². The van der Waals surface area contributed by atoms with Gasteiger partial charge in [0, 0.05) is 19.9 Å². The zero-order chi connectivity index (χ0) is 7.98. The molecule has 0 amide bonds. The van der Waals surface area contributed by atoms with Crippen LogP contribution in [0.15, 0.2) is 0 Å². The second-order valence-electron chi connectivity index (χ2n) is 2.60. The van der Waals surface area contributed by atoms with Crippen molar-refractivity contribution in [1.29, 1.82) is 0 Å². The van der Waals surface area contributed by atoms with E-state index in [1.165, 1.54) is 0 Å². The fourth-order valence-corrected chi connectivity index (χ4v) is 0.802. The summed E-state index contributed by atoms with van der Waals surface area (Å²) < 4.78 is 0. The molecule has 0 heterocycles. The molecule has 0 spiro atoms. The summed E-state index contributed by atoms with van der Waals surface area (Å²) in [6.45, 7) is 5.27. The van der Waals surface area contributed by atoms with Gasteiger partial charge in [0.2, 0.25) is 0 Å². The van der Waals surface area contributed by atoms with Crippen molar-refractivity contribution in [3.8, 4) is 0 Å². The minimum atomic E-state index is -0.354. The second-order valence-corrected chi connectivity index (χ2v) is 2.60. The molecule has 62 valence electrons. The number of aliphatic hydroxyl groups excluding tert-OH is 1. The maximum atomic E-state index is 9.17. The minimum Gasteiger partial charge on any atom is -0.443 e. The van der Waals surface area contributed by atoms with Crippen LogP contribution in [0.3, 0.4) is 0 Å². The van der Waals surface area contributed by atoms with Crippen molar-refractivity contribution in [3.63, 3.8) is 0 Å². The Labute approximate surface area is 62.1 Å². The Bertz CT molecular complexity index is 76.0. The summed E-state index contributed by atoms with van der Waals surface area (Å²) in [5, 5.41) is 19.3. The Morgan fingerprint density at radius 1 is 1.60 bits per heavy atom. The van der Waals surface area contributed by atoms with Crippen LogP contribution in [0.5, 0.6) is 0 Å². The van der Waals surface area contributed by atoms with E-state index in [0.717, 1.165) is 6.54 Å². The van der Waals surface area contributed by atoms with Crippen LogP contribution in [-0.4, -0.2) is 35.5 Å². The number of aliphatic hydroxyl groups is 1. The highest BCUT2D eigenvalue weighted by Gasteiger charge is 2.08. The first-order valence-corrected chi connectivity index (χ1v) is 3.76. The lowest BCUT2D eigenvalue weighted by atomic mass is 10.2. The van der Waals surface area contributed by atoms with Crippen LogP contribution < -0.4 is 5.32 Å². The molecule has 0 aromatic carbocycles. The Morgan fingerprint density at radius 3 is 2.60 bits per heavy atom. The Morgan fingerprint density at radius 2 is 2.20 bits per heavy atom. The van der Waals surface area contributed by atoms with E-state index in [1.54, 1.807) is 6.92 Å². The molecule has 0 unspecified atom stereocenters. The third kappa shape index (κ3) is 6.01. The van der Waals surface area contributed by atoms with E-state index in [9.17, 15) is 0 Å². The smallest absolute Gasteiger partial charge is 0.153 e. The Kier molecular flexibility index (Phi) is 5.58. The molecule has 0 saturated heterocycles. The zero-order valence-corrected chi connectivity index (χ0v) is 6.72. The number of nitrogens with one attached hydrogen (secondary N) is 1. The maximum Gasteiger partial charge on any atom is 0.153 e. The van der Waals surface area contributed by atoms with Gasteiger partial charge in [0.1, 0.15) is 0 Å². The first-order chi connectivity index (χ1) is 4.66. The van der Waals surface area contributed by atoms with E-state index < -0.39 is 0 Å². The van der Waals surface area contributed by atoms with Gasteiger partial charge in [0.05, 0.1) is 6.10 Å². The summed E-state index contributed by atoms with van der Waals surface area (Å²) in [5.41, 5.74) is 0. The molecule has 0 saturated carbocycles. The van der Waals surface area contributed by atoms with Gasteiger partial charge >= 0.3 is 0 Å². The van der Waals surface area contributed by atoms with Crippen molar-refractivity contribution in [1.82, 2.24) is 5.32 Å².